The summed E-state index contributed by atoms with van der Waals surface area (Å²) >= 11 is 0. The lowest BCUT2D eigenvalue weighted by Gasteiger charge is -2.29. The number of methoxy groups -OCH3 is 1. The zero-order valence-corrected chi connectivity index (χ0v) is 17.4. The highest BCUT2D eigenvalue weighted by Crippen LogP contribution is 2.41. The lowest BCUT2D eigenvalue weighted by atomic mass is 9.94. The highest BCUT2D eigenvalue weighted by Gasteiger charge is 2.30. The number of halogens is 3. The lowest BCUT2D eigenvalue weighted by Crippen LogP contribution is -2.30. The Morgan fingerprint density at radius 1 is 1.27 bits per heavy atom. The minimum Gasteiger partial charge on any atom is -0.494 e. The number of fused-ring (bicyclic) bond motifs is 1. The first-order valence-electron chi connectivity index (χ1n) is 10.1. The van der Waals surface area contributed by atoms with Crippen LogP contribution in [0.15, 0.2) is 42.1 Å². The van der Waals surface area contributed by atoms with E-state index in [4.69, 9.17) is 18.9 Å². The third-order valence-electron chi connectivity index (χ3n) is 5.41. The molecular weight excluding hydrogens is 397 g/mol. The molecule has 0 radical (unpaired) electrons. The molecule has 0 amide bonds. The first kappa shape index (κ1) is 22.3. The highest BCUT2D eigenvalue weighted by atomic mass is 19.2. The van der Waals surface area contributed by atoms with Gasteiger partial charge in [-0.1, -0.05) is 26.5 Å². The molecule has 0 aliphatic carbocycles. The number of benzene rings is 1. The average Bonchev–Trinajstić information content (AvgIpc) is 2.75. The van der Waals surface area contributed by atoms with Gasteiger partial charge in [0.05, 0.1) is 13.2 Å². The van der Waals surface area contributed by atoms with Crippen molar-refractivity contribution in [2.45, 2.75) is 45.1 Å². The van der Waals surface area contributed by atoms with Gasteiger partial charge in [0, 0.05) is 18.6 Å². The summed E-state index contributed by atoms with van der Waals surface area (Å²) in [4.78, 5) is 0. The van der Waals surface area contributed by atoms with E-state index < -0.39 is 23.2 Å². The number of hydrogen-bond donors (Lipinski definition) is 0. The number of allylic oxidation sites excluding steroid dienone is 2. The molecule has 164 valence electrons. The van der Waals surface area contributed by atoms with Crippen molar-refractivity contribution in [3.05, 3.63) is 59.3 Å². The predicted octanol–water partition coefficient (Wildman–Crippen LogP) is 5.77. The van der Waals surface area contributed by atoms with Crippen molar-refractivity contribution in [2.75, 3.05) is 20.3 Å². The second kappa shape index (κ2) is 9.60. The quantitative estimate of drug-likeness (QED) is 0.521. The summed E-state index contributed by atoms with van der Waals surface area (Å²) in [6, 6.07) is 1.36. The topological polar surface area (TPSA) is 36.9 Å². The Labute approximate surface area is 175 Å². The van der Waals surface area contributed by atoms with Gasteiger partial charge in [-0.25, -0.2) is 0 Å². The number of hydrogen-bond acceptors (Lipinski definition) is 4. The van der Waals surface area contributed by atoms with E-state index in [-0.39, 0.29) is 42.0 Å². The fraction of sp³-hybridized carbons (Fsp3) is 0.478. The van der Waals surface area contributed by atoms with Crippen LogP contribution in [0.2, 0.25) is 0 Å². The summed E-state index contributed by atoms with van der Waals surface area (Å²) in [5.74, 6) is -4.02. The molecule has 4 nitrogen and oxygen atoms in total. The van der Waals surface area contributed by atoms with Gasteiger partial charge >= 0.3 is 0 Å². The minimum absolute atomic E-state index is 0.0707. The van der Waals surface area contributed by atoms with Gasteiger partial charge in [-0.2, -0.15) is 13.2 Å². The third-order valence-corrected chi connectivity index (χ3v) is 5.41. The molecule has 0 bridgehead atoms. The van der Waals surface area contributed by atoms with E-state index in [1.807, 2.05) is 0 Å². The fourth-order valence-electron chi connectivity index (χ4n) is 3.69. The fourth-order valence-corrected chi connectivity index (χ4v) is 3.69. The highest BCUT2D eigenvalue weighted by molar-refractivity contribution is 5.52. The first-order chi connectivity index (χ1) is 14.3. The van der Waals surface area contributed by atoms with E-state index in [1.54, 1.807) is 0 Å². The van der Waals surface area contributed by atoms with Gasteiger partial charge in [0.15, 0.2) is 23.0 Å². The summed E-state index contributed by atoms with van der Waals surface area (Å²) in [5, 5.41) is 0. The molecule has 2 heterocycles. The van der Waals surface area contributed by atoms with Crippen molar-refractivity contribution in [1.29, 1.82) is 0 Å². The van der Waals surface area contributed by atoms with E-state index in [2.05, 4.69) is 20.1 Å². The van der Waals surface area contributed by atoms with Crippen molar-refractivity contribution < 1.29 is 32.1 Å². The summed E-state index contributed by atoms with van der Waals surface area (Å²) < 4.78 is 64.9. The SMILES string of the molecule is C=C(OC)/C(F)=C1/Oc2c(cc(OCC3CCC(CCC)CO3)c(F)c2F)CC1=C. The van der Waals surface area contributed by atoms with Crippen LogP contribution >= 0.6 is 0 Å². The molecule has 0 N–H and O–H groups in total. The molecule has 1 aromatic carbocycles. The third kappa shape index (κ3) is 4.67. The summed E-state index contributed by atoms with van der Waals surface area (Å²) in [7, 11) is 1.24. The van der Waals surface area contributed by atoms with Crippen molar-refractivity contribution in [2.24, 2.45) is 5.92 Å². The monoisotopic (exact) mass is 424 g/mol. The maximum Gasteiger partial charge on any atom is 0.207 e. The Hall–Kier alpha value is -2.41. The van der Waals surface area contributed by atoms with Crippen LogP contribution in [-0.2, 0) is 15.9 Å². The second-order valence-corrected chi connectivity index (χ2v) is 7.64. The van der Waals surface area contributed by atoms with Gasteiger partial charge in [0.1, 0.15) is 6.61 Å². The van der Waals surface area contributed by atoms with E-state index in [9.17, 15) is 13.2 Å². The molecule has 2 atom stereocenters. The maximum absolute atomic E-state index is 14.7. The van der Waals surface area contributed by atoms with Crippen LogP contribution in [0.3, 0.4) is 0 Å². The summed E-state index contributed by atoms with van der Waals surface area (Å²) in [6.45, 7) is 10.1. The molecule has 0 spiro atoms. The van der Waals surface area contributed by atoms with E-state index in [0.717, 1.165) is 25.7 Å². The van der Waals surface area contributed by atoms with E-state index >= 15 is 0 Å². The molecule has 30 heavy (non-hydrogen) atoms. The lowest BCUT2D eigenvalue weighted by molar-refractivity contribution is -0.0397. The molecular formula is C23H27F3O4. The van der Waals surface area contributed by atoms with Crippen molar-refractivity contribution in [3.63, 3.8) is 0 Å². The first-order valence-corrected chi connectivity index (χ1v) is 10.1. The van der Waals surface area contributed by atoms with Crippen molar-refractivity contribution >= 4 is 0 Å². The van der Waals surface area contributed by atoms with Gasteiger partial charge in [0.2, 0.25) is 17.5 Å². The number of ether oxygens (including phenoxy) is 4. The van der Waals surface area contributed by atoms with Crippen molar-refractivity contribution in [1.82, 2.24) is 0 Å². The standard InChI is InChI=1S/C23H27F3O4/c1-5-6-15-7-8-17(28-11-15)12-29-18-10-16-9-13(2)22(19(24)14(3)27-4)30-23(16)21(26)20(18)25/h10,15,17H,2-3,5-9,11-12H2,1,4H3/b22-19-. The number of rotatable bonds is 7. The maximum atomic E-state index is 14.7. The predicted molar refractivity (Wildman–Crippen MR) is 107 cm³/mol. The van der Waals surface area contributed by atoms with Crippen molar-refractivity contribution in [3.8, 4) is 11.5 Å². The van der Waals surface area contributed by atoms with Crippen LogP contribution in [0.5, 0.6) is 11.5 Å². The van der Waals surface area contributed by atoms with Crippen LogP contribution in [0.1, 0.15) is 38.2 Å². The van der Waals surface area contributed by atoms with Gasteiger partial charge in [-0.05, 0) is 36.8 Å². The second-order valence-electron chi connectivity index (χ2n) is 7.64. The minimum atomic E-state index is -1.24. The van der Waals surface area contributed by atoms with E-state index in [0.29, 0.717) is 18.1 Å². The molecule has 1 aromatic rings. The molecule has 2 aliphatic rings. The van der Waals surface area contributed by atoms with Crippen LogP contribution in [-0.4, -0.2) is 26.4 Å². The molecule has 1 saturated heterocycles. The Balaban J connectivity index is 1.73. The summed E-state index contributed by atoms with van der Waals surface area (Å²) in [6.07, 6.45) is 3.99. The molecule has 0 saturated carbocycles. The zero-order chi connectivity index (χ0) is 21.8. The van der Waals surface area contributed by atoms with Crippen LogP contribution < -0.4 is 9.47 Å². The van der Waals surface area contributed by atoms with Crippen LogP contribution in [0, 0.1) is 17.6 Å². The average molecular weight is 424 g/mol. The largest absolute Gasteiger partial charge is 0.494 e. The summed E-state index contributed by atoms with van der Waals surface area (Å²) in [5.41, 5.74) is 0.578. The Morgan fingerprint density at radius 3 is 2.67 bits per heavy atom. The Kier molecular flexibility index (Phi) is 7.13. The molecule has 7 heteroatoms. The molecule has 1 fully saturated rings. The normalized spacial score (nSPS) is 22.8. The molecule has 0 aromatic heterocycles. The Morgan fingerprint density at radius 2 is 2.03 bits per heavy atom. The van der Waals surface area contributed by atoms with Gasteiger partial charge < -0.3 is 18.9 Å². The zero-order valence-electron chi connectivity index (χ0n) is 17.4. The van der Waals surface area contributed by atoms with Gasteiger partial charge in [-0.3, -0.25) is 0 Å². The van der Waals surface area contributed by atoms with Crippen LogP contribution in [0.25, 0.3) is 0 Å². The van der Waals surface area contributed by atoms with Gasteiger partial charge in [0.25, 0.3) is 0 Å². The molecule has 2 aliphatic heterocycles. The van der Waals surface area contributed by atoms with E-state index in [1.165, 1.54) is 13.2 Å². The van der Waals surface area contributed by atoms with Gasteiger partial charge in [-0.15, -0.1) is 0 Å². The molecule has 3 rings (SSSR count). The smallest absolute Gasteiger partial charge is 0.207 e. The van der Waals surface area contributed by atoms with Crippen LogP contribution in [0.4, 0.5) is 13.2 Å². The Bertz CT molecular complexity index is 854. The molecule has 2 unspecified atom stereocenters.